The van der Waals surface area contributed by atoms with Crippen molar-refractivity contribution in [2.75, 3.05) is 5.32 Å². The van der Waals surface area contributed by atoms with E-state index in [1.807, 2.05) is 4.98 Å². The molecular formula is C7H4F3N5O2. The monoisotopic (exact) mass is 247 g/mol. The van der Waals surface area contributed by atoms with Crippen LogP contribution in [0.15, 0.2) is 11.1 Å². The van der Waals surface area contributed by atoms with E-state index in [9.17, 15) is 22.8 Å². The van der Waals surface area contributed by atoms with Crippen LogP contribution < -0.4 is 10.9 Å². The van der Waals surface area contributed by atoms with E-state index in [-0.39, 0.29) is 11.2 Å². The zero-order valence-electron chi connectivity index (χ0n) is 7.92. The molecule has 0 saturated heterocycles. The van der Waals surface area contributed by atoms with E-state index in [2.05, 4.69) is 15.0 Å². The van der Waals surface area contributed by atoms with Gasteiger partial charge in [-0.1, -0.05) is 0 Å². The van der Waals surface area contributed by atoms with Gasteiger partial charge in [0.25, 0.3) is 5.56 Å². The first-order valence-corrected chi connectivity index (χ1v) is 4.19. The number of halogens is 3. The smallest absolute Gasteiger partial charge is 0.339 e. The van der Waals surface area contributed by atoms with E-state index in [0.717, 1.165) is 6.33 Å². The van der Waals surface area contributed by atoms with Crippen molar-refractivity contribution in [2.24, 2.45) is 0 Å². The van der Waals surface area contributed by atoms with Gasteiger partial charge < -0.3 is 4.98 Å². The number of H-pyrrole nitrogens is 2. The predicted molar refractivity (Wildman–Crippen MR) is 49.2 cm³/mol. The molecule has 0 bridgehead atoms. The number of hydrogen-bond acceptors (Lipinski definition) is 4. The molecule has 10 heteroatoms. The fraction of sp³-hybridized carbons (Fsp3) is 0.143. The van der Waals surface area contributed by atoms with Crippen LogP contribution in [0.1, 0.15) is 0 Å². The van der Waals surface area contributed by atoms with Crippen LogP contribution in [0.5, 0.6) is 0 Å². The van der Waals surface area contributed by atoms with Crippen molar-refractivity contribution in [1.82, 2.24) is 19.9 Å². The van der Waals surface area contributed by atoms with Gasteiger partial charge in [-0.25, -0.2) is 4.98 Å². The average molecular weight is 247 g/mol. The van der Waals surface area contributed by atoms with Crippen molar-refractivity contribution in [1.29, 1.82) is 0 Å². The van der Waals surface area contributed by atoms with Gasteiger partial charge in [-0.3, -0.25) is 19.9 Å². The van der Waals surface area contributed by atoms with Crippen LogP contribution in [0.25, 0.3) is 11.2 Å². The lowest BCUT2D eigenvalue weighted by molar-refractivity contribution is -0.167. The molecule has 0 unspecified atom stereocenters. The first-order chi connectivity index (χ1) is 7.88. The van der Waals surface area contributed by atoms with Crippen molar-refractivity contribution in [3.8, 4) is 0 Å². The fourth-order valence-corrected chi connectivity index (χ4v) is 1.08. The Bertz CT molecular complexity index is 628. The third-order valence-electron chi connectivity index (χ3n) is 1.79. The van der Waals surface area contributed by atoms with Gasteiger partial charge in [0, 0.05) is 0 Å². The molecule has 90 valence electrons. The molecule has 17 heavy (non-hydrogen) atoms. The molecular weight excluding hydrogens is 243 g/mol. The van der Waals surface area contributed by atoms with Gasteiger partial charge >= 0.3 is 12.1 Å². The number of hydrogen-bond donors (Lipinski definition) is 3. The molecule has 0 saturated carbocycles. The van der Waals surface area contributed by atoms with Gasteiger partial charge in [0.1, 0.15) is 0 Å². The van der Waals surface area contributed by atoms with Gasteiger partial charge in [-0.05, 0) is 0 Å². The first-order valence-electron chi connectivity index (χ1n) is 4.19. The molecule has 2 rings (SSSR count). The largest absolute Gasteiger partial charge is 0.471 e. The Balaban J connectivity index is 2.37. The number of carbonyl (C=O) groups is 1. The number of aromatic nitrogens is 4. The Morgan fingerprint density at radius 1 is 1.41 bits per heavy atom. The predicted octanol–water partition coefficient (Wildman–Crippen LogP) is 0.147. The molecule has 2 aromatic heterocycles. The quantitative estimate of drug-likeness (QED) is 0.667. The molecule has 7 nitrogen and oxygen atoms in total. The molecule has 0 atom stereocenters. The minimum Gasteiger partial charge on any atom is -0.339 e. The van der Waals surface area contributed by atoms with Crippen molar-refractivity contribution in [3.05, 3.63) is 16.7 Å². The maximum Gasteiger partial charge on any atom is 0.471 e. The van der Waals surface area contributed by atoms with Crippen molar-refractivity contribution in [3.63, 3.8) is 0 Å². The number of imidazole rings is 1. The van der Waals surface area contributed by atoms with Gasteiger partial charge in [-0.2, -0.15) is 18.2 Å². The third-order valence-corrected chi connectivity index (χ3v) is 1.79. The molecule has 0 aliphatic heterocycles. The van der Waals surface area contributed by atoms with Crippen LogP contribution in [0.3, 0.4) is 0 Å². The van der Waals surface area contributed by atoms with Crippen LogP contribution in [0.2, 0.25) is 0 Å². The summed E-state index contributed by atoms with van der Waals surface area (Å²) in [6.45, 7) is 0. The molecule has 0 aliphatic rings. The van der Waals surface area contributed by atoms with Crippen LogP contribution in [-0.4, -0.2) is 32.0 Å². The van der Waals surface area contributed by atoms with E-state index in [4.69, 9.17) is 0 Å². The summed E-state index contributed by atoms with van der Waals surface area (Å²) < 4.78 is 35.8. The van der Waals surface area contributed by atoms with E-state index in [0.29, 0.717) is 0 Å². The maximum absolute atomic E-state index is 11.9. The van der Waals surface area contributed by atoms with E-state index in [1.54, 1.807) is 0 Å². The average Bonchev–Trinajstić information content (AvgIpc) is 2.64. The molecule has 2 aromatic rings. The Labute approximate surface area is 90.1 Å². The highest BCUT2D eigenvalue weighted by Crippen LogP contribution is 2.16. The van der Waals surface area contributed by atoms with Crippen LogP contribution in [0, 0.1) is 0 Å². The Kier molecular flexibility index (Phi) is 2.33. The molecule has 0 aliphatic carbocycles. The Hall–Kier alpha value is -2.39. The minimum absolute atomic E-state index is 0.00927. The number of fused-ring (bicyclic) bond motifs is 1. The van der Waals surface area contributed by atoms with Gasteiger partial charge in [0.15, 0.2) is 11.2 Å². The molecule has 0 radical (unpaired) electrons. The number of anilines is 1. The summed E-state index contributed by atoms with van der Waals surface area (Å²) in [5, 5.41) is 1.42. The molecule has 0 spiro atoms. The number of amides is 1. The zero-order valence-corrected chi connectivity index (χ0v) is 7.92. The second-order valence-corrected chi connectivity index (χ2v) is 2.97. The van der Waals surface area contributed by atoms with E-state index < -0.39 is 23.6 Å². The van der Waals surface area contributed by atoms with E-state index in [1.165, 1.54) is 5.32 Å². The molecule has 0 fully saturated rings. The molecule has 1 amide bonds. The Morgan fingerprint density at radius 2 is 2.12 bits per heavy atom. The van der Waals surface area contributed by atoms with Gasteiger partial charge in [0.05, 0.1) is 6.33 Å². The highest BCUT2D eigenvalue weighted by Gasteiger charge is 2.39. The molecule has 3 N–H and O–H groups in total. The van der Waals surface area contributed by atoms with Gasteiger partial charge in [-0.15, -0.1) is 0 Å². The summed E-state index contributed by atoms with van der Waals surface area (Å²) in [7, 11) is 0. The number of nitrogens with one attached hydrogen (secondary N) is 3. The lowest BCUT2D eigenvalue weighted by atomic mass is 10.5. The molecule has 0 aromatic carbocycles. The highest BCUT2D eigenvalue weighted by molar-refractivity contribution is 5.93. The normalized spacial score (nSPS) is 11.7. The number of carbonyl (C=O) groups excluding carboxylic acids is 1. The van der Waals surface area contributed by atoms with E-state index >= 15 is 0 Å². The standard InChI is InChI=1S/C7H4F3N5O2/c8-7(9,10)5(17)15-6-13-3-2(4(16)14-6)11-1-12-3/h1H,(H3,11,12,13,14,15,16,17). The topological polar surface area (TPSA) is 104 Å². The molecule has 2 heterocycles. The summed E-state index contributed by atoms with van der Waals surface area (Å²) in [6, 6.07) is 0. The second kappa shape index (κ2) is 3.57. The summed E-state index contributed by atoms with van der Waals surface area (Å²) in [5.74, 6) is -2.84. The minimum atomic E-state index is -5.06. The number of rotatable bonds is 1. The van der Waals surface area contributed by atoms with Crippen LogP contribution >= 0.6 is 0 Å². The zero-order chi connectivity index (χ0) is 12.6. The maximum atomic E-state index is 11.9. The summed E-state index contributed by atoms with van der Waals surface area (Å²) >= 11 is 0. The lowest BCUT2D eigenvalue weighted by Gasteiger charge is -2.06. The first kappa shape index (κ1) is 11.1. The SMILES string of the molecule is O=C(Nc1nc2nc[nH]c2c(=O)[nH]1)C(F)(F)F. The van der Waals surface area contributed by atoms with Crippen molar-refractivity contribution >= 4 is 23.0 Å². The number of nitrogens with zero attached hydrogens (tertiary/aromatic N) is 2. The van der Waals surface area contributed by atoms with Crippen LogP contribution in [0.4, 0.5) is 19.1 Å². The van der Waals surface area contributed by atoms with Crippen molar-refractivity contribution in [2.45, 2.75) is 6.18 Å². The van der Waals surface area contributed by atoms with Gasteiger partial charge in [0.2, 0.25) is 5.95 Å². The third kappa shape index (κ3) is 2.09. The number of aromatic amines is 2. The summed E-state index contributed by atoms with van der Waals surface area (Å²) in [5.41, 5.74) is -0.814. The Morgan fingerprint density at radius 3 is 2.76 bits per heavy atom. The second-order valence-electron chi connectivity index (χ2n) is 2.97. The fourth-order valence-electron chi connectivity index (χ4n) is 1.08. The summed E-state index contributed by atoms with van der Waals surface area (Å²) in [6.07, 6.45) is -3.90. The van der Waals surface area contributed by atoms with Crippen molar-refractivity contribution < 1.29 is 18.0 Å². The lowest BCUT2D eigenvalue weighted by Crippen LogP contribution is -2.31. The number of alkyl halides is 3. The highest BCUT2D eigenvalue weighted by atomic mass is 19.4. The van der Waals surface area contributed by atoms with Crippen LogP contribution in [-0.2, 0) is 4.79 Å². The summed E-state index contributed by atoms with van der Waals surface area (Å²) in [4.78, 5) is 33.4.